The first-order valence-electron chi connectivity index (χ1n) is 10.1. The number of sulfonamides is 1. The Kier molecular flexibility index (Phi) is 8.14. The molecule has 0 saturated heterocycles. The smallest absolute Gasteiger partial charge is 0.330 e. The third kappa shape index (κ3) is 6.29. The van der Waals surface area contributed by atoms with Gasteiger partial charge in [-0.2, -0.15) is 5.10 Å². The summed E-state index contributed by atoms with van der Waals surface area (Å²) >= 11 is 0. The van der Waals surface area contributed by atoms with Crippen molar-refractivity contribution >= 4 is 27.8 Å². The number of methoxy groups -OCH3 is 3. The molecule has 0 atom stereocenters. The molecular formula is C23H25N3O7S. The van der Waals surface area contributed by atoms with Crippen LogP contribution in [0.3, 0.4) is 0 Å². The number of hydrogen-bond donors (Lipinski definition) is 1. The maximum Gasteiger partial charge on any atom is 0.330 e. The number of ether oxygens (including phenoxy) is 4. The second-order valence-electron chi connectivity index (χ2n) is 6.86. The first-order valence-corrected chi connectivity index (χ1v) is 11.6. The maximum atomic E-state index is 13.3. The van der Waals surface area contributed by atoms with Gasteiger partial charge in [0, 0.05) is 24.5 Å². The van der Waals surface area contributed by atoms with Gasteiger partial charge in [0.15, 0.2) is 11.5 Å². The third-order valence-electron chi connectivity index (χ3n) is 4.60. The molecule has 0 amide bonds. The van der Waals surface area contributed by atoms with Gasteiger partial charge < -0.3 is 18.9 Å². The average molecular weight is 488 g/mol. The standard InChI is InChI=1S/C23H25N3O7S/c1-30-20-14-17(8-9-22(27)31-2)15-21(23(20)32-3)34(28,29)25-18-6-4-7-19(16-18)33-13-12-26-11-5-10-24-26/h4-11,14-16,25H,12-13H2,1-3H3/b9-8+. The molecule has 0 bridgehead atoms. The number of hydrogen-bond acceptors (Lipinski definition) is 8. The van der Waals surface area contributed by atoms with E-state index in [-0.39, 0.29) is 16.4 Å². The van der Waals surface area contributed by atoms with Crippen molar-refractivity contribution in [1.82, 2.24) is 9.78 Å². The van der Waals surface area contributed by atoms with E-state index in [9.17, 15) is 13.2 Å². The van der Waals surface area contributed by atoms with Crippen LogP contribution in [0.5, 0.6) is 17.2 Å². The van der Waals surface area contributed by atoms with Gasteiger partial charge in [0.2, 0.25) is 0 Å². The molecule has 1 aromatic heterocycles. The summed E-state index contributed by atoms with van der Waals surface area (Å²) in [6, 6.07) is 11.3. The average Bonchev–Trinajstić information content (AvgIpc) is 3.35. The van der Waals surface area contributed by atoms with Gasteiger partial charge in [0.25, 0.3) is 10.0 Å². The van der Waals surface area contributed by atoms with Crippen molar-refractivity contribution < 1.29 is 32.2 Å². The van der Waals surface area contributed by atoms with E-state index in [4.69, 9.17) is 14.2 Å². The number of aromatic nitrogens is 2. The zero-order chi connectivity index (χ0) is 24.6. The molecule has 0 aliphatic rings. The molecule has 0 unspecified atom stereocenters. The molecule has 10 nitrogen and oxygen atoms in total. The predicted octanol–water partition coefficient (Wildman–Crippen LogP) is 2.97. The lowest BCUT2D eigenvalue weighted by Crippen LogP contribution is -2.15. The zero-order valence-electron chi connectivity index (χ0n) is 18.9. The molecule has 0 aliphatic carbocycles. The number of anilines is 1. The summed E-state index contributed by atoms with van der Waals surface area (Å²) < 4.78 is 51.7. The van der Waals surface area contributed by atoms with Crippen LogP contribution in [0.25, 0.3) is 6.08 Å². The number of rotatable bonds is 11. The summed E-state index contributed by atoms with van der Waals surface area (Å²) in [5, 5.41) is 4.10. The Labute approximate surface area is 197 Å². The van der Waals surface area contributed by atoms with E-state index in [1.54, 1.807) is 41.2 Å². The highest BCUT2D eigenvalue weighted by atomic mass is 32.2. The molecule has 0 radical (unpaired) electrons. The Balaban J connectivity index is 1.84. The first kappa shape index (κ1) is 24.6. The summed E-state index contributed by atoms with van der Waals surface area (Å²) in [5.74, 6) is 0.121. The predicted molar refractivity (Wildman–Crippen MR) is 126 cm³/mol. The summed E-state index contributed by atoms with van der Waals surface area (Å²) in [5.41, 5.74) is 0.701. The lowest BCUT2D eigenvalue weighted by molar-refractivity contribution is -0.134. The number of carbonyl (C=O) groups is 1. The van der Waals surface area contributed by atoms with Crippen LogP contribution >= 0.6 is 0 Å². The molecule has 180 valence electrons. The van der Waals surface area contributed by atoms with Crippen molar-refractivity contribution in [3.05, 3.63) is 66.5 Å². The Morgan fingerprint density at radius 1 is 1.12 bits per heavy atom. The van der Waals surface area contributed by atoms with Gasteiger partial charge in [0.05, 0.1) is 33.6 Å². The second-order valence-corrected chi connectivity index (χ2v) is 8.51. The number of esters is 1. The molecule has 2 aromatic carbocycles. The van der Waals surface area contributed by atoms with Crippen molar-refractivity contribution in [2.24, 2.45) is 0 Å². The topological polar surface area (TPSA) is 118 Å². The van der Waals surface area contributed by atoms with Crippen LogP contribution in [0.2, 0.25) is 0 Å². The fraction of sp³-hybridized carbons (Fsp3) is 0.217. The van der Waals surface area contributed by atoms with Crippen molar-refractivity contribution in [2.45, 2.75) is 11.4 Å². The fourth-order valence-electron chi connectivity index (χ4n) is 3.03. The van der Waals surface area contributed by atoms with Crippen LogP contribution in [0.1, 0.15) is 5.56 Å². The number of nitrogens with one attached hydrogen (secondary N) is 1. The van der Waals surface area contributed by atoms with Crippen molar-refractivity contribution in [3.63, 3.8) is 0 Å². The van der Waals surface area contributed by atoms with Gasteiger partial charge >= 0.3 is 5.97 Å². The first-order chi connectivity index (χ1) is 16.4. The van der Waals surface area contributed by atoms with E-state index in [0.29, 0.717) is 30.2 Å². The maximum absolute atomic E-state index is 13.3. The van der Waals surface area contributed by atoms with E-state index in [1.807, 2.05) is 12.3 Å². The summed E-state index contributed by atoms with van der Waals surface area (Å²) in [7, 11) is -0.126. The lowest BCUT2D eigenvalue weighted by atomic mass is 10.2. The fourth-order valence-corrected chi connectivity index (χ4v) is 4.29. The van der Waals surface area contributed by atoms with Gasteiger partial charge in [-0.3, -0.25) is 9.40 Å². The largest absolute Gasteiger partial charge is 0.493 e. The van der Waals surface area contributed by atoms with Gasteiger partial charge in [-0.1, -0.05) is 6.07 Å². The highest BCUT2D eigenvalue weighted by molar-refractivity contribution is 7.92. The van der Waals surface area contributed by atoms with Gasteiger partial charge in [-0.25, -0.2) is 13.2 Å². The Morgan fingerprint density at radius 2 is 1.94 bits per heavy atom. The van der Waals surface area contributed by atoms with Gasteiger partial charge in [0.1, 0.15) is 17.3 Å². The quantitative estimate of drug-likeness (QED) is 0.324. The lowest BCUT2D eigenvalue weighted by Gasteiger charge is -2.16. The molecule has 0 saturated carbocycles. The van der Waals surface area contributed by atoms with Crippen LogP contribution in [-0.2, 0) is 26.1 Å². The summed E-state index contributed by atoms with van der Waals surface area (Å²) in [4.78, 5) is 11.3. The molecule has 1 heterocycles. The minimum Gasteiger partial charge on any atom is -0.493 e. The molecule has 0 spiro atoms. The van der Waals surface area contributed by atoms with Crippen LogP contribution in [0, 0.1) is 0 Å². The van der Waals surface area contributed by atoms with E-state index in [0.717, 1.165) is 0 Å². The molecular weight excluding hydrogens is 462 g/mol. The Morgan fingerprint density at radius 3 is 2.62 bits per heavy atom. The van der Waals surface area contributed by atoms with Crippen molar-refractivity contribution in [3.8, 4) is 17.2 Å². The molecule has 3 aromatic rings. The van der Waals surface area contributed by atoms with Crippen LogP contribution in [-0.4, -0.2) is 52.1 Å². The molecule has 11 heteroatoms. The molecule has 1 N–H and O–H groups in total. The third-order valence-corrected chi connectivity index (χ3v) is 5.99. The van der Waals surface area contributed by atoms with Crippen molar-refractivity contribution in [2.75, 3.05) is 32.7 Å². The monoisotopic (exact) mass is 487 g/mol. The van der Waals surface area contributed by atoms with E-state index in [1.165, 1.54) is 39.5 Å². The zero-order valence-corrected chi connectivity index (χ0v) is 19.7. The Hall–Kier alpha value is -3.99. The molecule has 0 aliphatic heterocycles. The SMILES string of the molecule is COC(=O)/C=C/c1cc(OC)c(OC)c(S(=O)(=O)Nc2cccc(OCCn3cccn3)c2)c1. The second kappa shape index (κ2) is 11.2. The molecule has 3 rings (SSSR count). The molecule has 0 fully saturated rings. The highest BCUT2D eigenvalue weighted by Crippen LogP contribution is 2.37. The highest BCUT2D eigenvalue weighted by Gasteiger charge is 2.24. The minimum atomic E-state index is -4.10. The van der Waals surface area contributed by atoms with Crippen LogP contribution in [0.15, 0.2) is 65.8 Å². The number of carbonyl (C=O) groups excluding carboxylic acids is 1. The minimum absolute atomic E-state index is 0.0249. The normalized spacial score (nSPS) is 11.3. The summed E-state index contributed by atoms with van der Waals surface area (Å²) in [6.45, 7) is 0.906. The van der Waals surface area contributed by atoms with E-state index in [2.05, 4.69) is 14.6 Å². The Bertz CT molecular complexity index is 1260. The number of nitrogens with zero attached hydrogens (tertiary/aromatic N) is 2. The van der Waals surface area contributed by atoms with E-state index >= 15 is 0 Å². The van der Waals surface area contributed by atoms with Gasteiger partial charge in [-0.15, -0.1) is 0 Å². The van der Waals surface area contributed by atoms with Crippen molar-refractivity contribution in [1.29, 1.82) is 0 Å². The van der Waals surface area contributed by atoms with Crippen LogP contribution in [0.4, 0.5) is 5.69 Å². The summed E-state index contributed by atoms with van der Waals surface area (Å²) in [6.07, 6.45) is 6.10. The number of benzene rings is 2. The van der Waals surface area contributed by atoms with Gasteiger partial charge in [-0.05, 0) is 42.0 Å². The van der Waals surface area contributed by atoms with Crippen LogP contribution < -0.4 is 18.9 Å². The van der Waals surface area contributed by atoms with E-state index < -0.39 is 16.0 Å². The molecule has 34 heavy (non-hydrogen) atoms.